The van der Waals surface area contributed by atoms with Crippen LogP contribution in [0.5, 0.6) is 0 Å². The van der Waals surface area contributed by atoms with E-state index < -0.39 is 0 Å². The van der Waals surface area contributed by atoms with E-state index in [1.165, 1.54) is 18.9 Å². The number of rotatable bonds is 6. The molecular weight excluding hydrogens is 319 g/mol. The Labute approximate surface area is 149 Å². The van der Waals surface area contributed by atoms with E-state index in [0.717, 1.165) is 37.9 Å². The summed E-state index contributed by atoms with van der Waals surface area (Å²) in [6, 6.07) is 7.29. The standard InChI is InChI=1S/C20H29FN2O2/c1-25-19-10-11-23(14-20(24)22-17-7-3-4-8-17)13-16(19)12-15-6-2-5-9-18(15)21/h2,5-6,9,16-17,19H,3-4,7-8,10-14H2,1H3,(H,22,24)/t16-,19-/m1/s1. The first-order valence-electron chi connectivity index (χ1n) is 9.43. The third-order valence-corrected chi connectivity index (χ3v) is 5.58. The lowest BCUT2D eigenvalue weighted by molar-refractivity contribution is -0.124. The number of ether oxygens (including phenoxy) is 1. The van der Waals surface area contributed by atoms with Crippen LogP contribution in [0.4, 0.5) is 4.39 Å². The highest BCUT2D eigenvalue weighted by molar-refractivity contribution is 5.78. The van der Waals surface area contributed by atoms with Crippen molar-refractivity contribution >= 4 is 5.91 Å². The van der Waals surface area contributed by atoms with Gasteiger partial charge in [-0.25, -0.2) is 4.39 Å². The molecule has 1 aromatic rings. The minimum Gasteiger partial charge on any atom is -0.381 e. The molecule has 2 atom stereocenters. The highest BCUT2D eigenvalue weighted by Gasteiger charge is 2.31. The summed E-state index contributed by atoms with van der Waals surface area (Å²) in [6.07, 6.45) is 6.29. The number of nitrogens with one attached hydrogen (secondary N) is 1. The second-order valence-electron chi connectivity index (χ2n) is 7.40. The van der Waals surface area contributed by atoms with Crippen molar-refractivity contribution in [3.63, 3.8) is 0 Å². The number of halogens is 1. The SMILES string of the molecule is CO[C@@H]1CCN(CC(=O)NC2CCCC2)C[C@H]1Cc1ccccc1F. The van der Waals surface area contributed by atoms with Gasteiger partial charge in [0.05, 0.1) is 12.6 Å². The topological polar surface area (TPSA) is 41.6 Å². The first kappa shape index (κ1) is 18.3. The van der Waals surface area contributed by atoms with Crippen molar-refractivity contribution in [2.75, 3.05) is 26.7 Å². The molecule has 4 nitrogen and oxygen atoms in total. The second-order valence-corrected chi connectivity index (χ2v) is 7.40. The Bertz CT molecular complexity index is 575. The number of amides is 1. The summed E-state index contributed by atoms with van der Waals surface area (Å²) in [6.45, 7) is 2.05. The molecule has 1 saturated heterocycles. The molecular formula is C20H29FN2O2. The summed E-state index contributed by atoms with van der Waals surface area (Å²) >= 11 is 0. The zero-order valence-electron chi connectivity index (χ0n) is 15.0. The Balaban J connectivity index is 1.56. The molecule has 0 aromatic heterocycles. The van der Waals surface area contributed by atoms with E-state index >= 15 is 0 Å². The molecule has 1 aromatic carbocycles. The van der Waals surface area contributed by atoms with Gasteiger partial charge in [0.15, 0.2) is 0 Å². The summed E-state index contributed by atoms with van der Waals surface area (Å²) < 4.78 is 19.6. The number of carbonyl (C=O) groups is 1. The minimum atomic E-state index is -0.159. The van der Waals surface area contributed by atoms with E-state index in [2.05, 4.69) is 10.2 Å². The molecule has 1 saturated carbocycles. The lowest BCUT2D eigenvalue weighted by atomic mass is 9.88. The van der Waals surface area contributed by atoms with Gasteiger partial charge in [0.1, 0.15) is 5.82 Å². The first-order chi connectivity index (χ1) is 12.2. The third-order valence-electron chi connectivity index (χ3n) is 5.58. The first-order valence-corrected chi connectivity index (χ1v) is 9.43. The Morgan fingerprint density at radius 3 is 2.76 bits per heavy atom. The summed E-state index contributed by atoms with van der Waals surface area (Å²) in [5.74, 6) is 0.163. The summed E-state index contributed by atoms with van der Waals surface area (Å²) in [4.78, 5) is 14.5. The van der Waals surface area contributed by atoms with Crippen molar-refractivity contribution in [2.24, 2.45) is 5.92 Å². The van der Waals surface area contributed by atoms with E-state index in [4.69, 9.17) is 4.74 Å². The van der Waals surface area contributed by atoms with Crippen LogP contribution in [0, 0.1) is 11.7 Å². The van der Waals surface area contributed by atoms with Gasteiger partial charge in [-0.1, -0.05) is 31.0 Å². The Kier molecular flexibility index (Phi) is 6.43. The number of hydrogen-bond acceptors (Lipinski definition) is 3. The van der Waals surface area contributed by atoms with Crippen LogP contribution in [0.3, 0.4) is 0 Å². The van der Waals surface area contributed by atoms with Gasteiger partial charge in [-0.05, 0) is 37.3 Å². The fraction of sp³-hybridized carbons (Fsp3) is 0.650. The fourth-order valence-corrected chi connectivity index (χ4v) is 4.23. The molecule has 0 spiro atoms. The number of hydrogen-bond donors (Lipinski definition) is 1. The molecule has 1 N–H and O–H groups in total. The highest BCUT2D eigenvalue weighted by atomic mass is 19.1. The van der Waals surface area contributed by atoms with Crippen LogP contribution in [0.2, 0.25) is 0 Å². The van der Waals surface area contributed by atoms with Gasteiger partial charge < -0.3 is 10.1 Å². The molecule has 2 aliphatic rings. The molecule has 138 valence electrons. The maximum Gasteiger partial charge on any atom is 0.234 e. The zero-order valence-corrected chi connectivity index (χ0v) is 15.0. The van der Waals surface area contributed by atoms with E-state index in [-0.39, 0.29) is 23.7 Å². The van der Waals surface area contributed by atoms with Crippen molar-refractivity contribution in [2.45, 2.75) is 50.7 Å². The van der Waals surface area contributed by atoms with Crippen molar-refractivity contribution in [3.8, 4) is 0 Å². The van der Waals surface area contributed by atoms with Gasteiger partial charge >= 0.3 is 0 Å². The van der Waals surface area contributed by atoms with Crippen molar-refractivity contribution < 1.29 is 13.9 Å². The summed E-state index contributed by atoms with van der Waals surface area (Å²) in [5, 5.41) is 3.15. The molecule has 1 aliphatic heterocycles. The molecule has 0 bridgehead atoms. The van der Waals surface area contributed by atoms with Crippen LogP contribution >= 0.6 is 0 Å². The molecule has 1 amide bonds. The Hall–Kier alpha value is -1.46. The minimum absolute atomic E-state index is 0.118. The molecule has 0 unspecified atom stereocenters. The van der Waals surface area contributed by atoms with Crippen LogP contribution < -0.4 is 5.32 Å². The van der Waals surface area contributed by atoms with Gasteiger partial charge in [-0.3, -0.25) is 9.69 Å². The van der Waals surface area contributed by atoms with Crippen LogP contribution in [0.15, 0.2) is 24.3 Å². The Morgan fingerprint density at radius 2 is 2.04 bits per heavy atom. The molecule has 3 rings (SSSR count). The average Bonchev–Trinajstić information content (AvgIpc) is 3.10. The molecule has 1 heterocycles. The molecule has 2 fully saturated rings. The number of benzene rings is 1. The van der Waals surface area contributed by atoms with E-state index in [1.807, 2.05) is 12.1 Å². The Morgan fingerprint density at radius 1 is 1.28 bits per heavy atom. The number of piperidine rings is 1. The zero-order chi connectivity index (χ0) is 17.6. The van der Waals surface area contributed by atoms with Crippen LogP contribution in [0.1, 0.15) is 37.7 Å². The monoisotopic (exact) mass is 348 g/mol. The smallest absolute Gasteiger partial charge is 0.234 e. The normalized spacial score (nSPS) is 25.2. The quantitative estimate of drug-likeness (QED) is 0.859. The van der Waals surface area contributed by atoms with Gasteiger partial charge in [0.25, 0.3) is 0 Å². The number of methoxy groups -OCH3 is 1. The van der Waals surface area contributed by atoms with Gasteiger partial charge in [-0.15, -0.1) is 0 Å². The lowest BCUT2D eigenvalue weighted by Crippen LogP contribution is -2.49. The van der Waals surface area contributed by atoms with Crippen molar-refractivity contribution in [1.82, 2.24) is 10.2 Å². The molecule has 25 heavy (non-hydrogen) atoms. The van der Waals surface area contributed by atoms with Crippen molar-refractivity contribution in [1.29, 1.82) is 0 Å². The maximum atomic E-state index is 14.0. The molecule has 5 heteroatoms. The second kappa shape index (κ2) is 8.77. The summed E-state index contributed by atoms with van der Waals surface area (Å²) in [5.41, 5.74) is 0.729. The van der Waals surface area contributed by atoms with Crippen LogP contribution in [-0.4, -0.2) is 49.7 Å². The van der Waals surface area contributed by atoms with Gasteiger partial charge in [-0.2, -0.15) is 0 Å². The van der Waals surface area contributed by atoms with Gasteiger partial charge in [0, 0.05) is 32.2 Å². The molecule has 0 radical (unpaired) electrons. The predicted octanol–water partition coefficient (Wildman–Crippen LogP) is 2.76. The fourth-order valence-electron chi connectivity index (χ4n) is 4.23. The number of nitrogens with zero attached hydrogens (tertiary/aromatic N) is 1. The van der Waals surface area contributed by atoms with Gasteiger partial charge in [0.2, 0.25) is 5.91 Å². The average molecular weight is 348 g/mol. The van der Waals surface area contributed by atoms with Crippen molar-refractivity contribution in [3.05, 3.63) is 35.6 Å². The van der Waals surface area contributed by atoms with Crippen LogP contribution in [0.25, 0.3) is 0 Å². The van der Waals surface area contributed by atoms with E-state index in [0.29, 0.717) is 19.0 Å². The predicted molar refractivity (Wildman–Crippen MR) is 95.8 cm³/mol. The van der Waals surface area contributed by atoms with E-state index in [1.54, 1.807) is 13.2 Å². The van der Waals surface area contributed by atoms with Crippen LogP contribution in [-0.2, 0) is 16.0 Å². The van der Waals surface area contributed by atoms with E-state index in [9.17, 15) is 9.18 Å². The third kappa shape index (κ3) is 5.02. The highest BCUT2D eigenvalue weighted by Crippen LogP contribution is 2.25. The maximum absolute atomic E-state index is 14.0. The molecule has 1 aliphatic carbocycles. The lowest BCUT2D eigenvalue weighted by Gasteiger charge is -2.37. The number of carbonyl (C=O) groups excluding carboxylic acids is 1. The largest absolute Gasteiger partial charge is 0.381 e. The summed E-state index contributed by atoms with van der Waals surface area (Å²) in [7, 11) is 1.72. The number of likely N-dealkylation sites (tertiary alicyclic amines) is 1.